The Balaban J connectivity index is 1.58. The average molecular weight is 500 g/mol. The number of nitriles is 1. The molecule has 0 saturated carbocycles. The lowest BCUT2D eigenvalue weighted by atomic mass is 10.1. The maximum atomic E-state index is 10.6. The molecule has 0 saturated heterocycles. The van der Waals surface area contributed by atoms with Crippen molar-refractivity contribution in [2.75, 3.05) is 13.4 Å². The Bertz CT molecular complexity index is 1250. The number of aromatic nitrogens is 2. The first-order chi connectivity index (χ1) is 16.4. The van der Waals surface area contributed by atoms with Crippen LogP contribution in [0, 0.1) is 11.3 Å². The molecule has 10 heteroatoms. The van der Waals surface area contributed by atoms with Crippen LogP contribution in [0.5, 0.6) is 17.2 Å². The second-order valence-corrected chi connectivity index (χ2v) is 9.31. The van der Waals surface area contributed by atoms with Gasteiger partial charge in [0, 0.05) is 21.9 Å². The maximum Gasteiger partial charge on any atom is 0.306 e. The summed E-state index contributed by atoms with van der Waals surface area (Å²) < 4.78 is 18.2. The van der Waals surface area contributed by atoms with Gasteiger partial charge in [-0.3, -0.25) is 4.79 Å². The topological polar surface area (TPSA) is 107 Å². The summed E-state index contributed by atoms with van der Waals surface area (Å²) in [6.45, 7) is 4.68. The molecular formula is C24H22ClN3O5S. The Morgan fingerprint density at radius 3 is 2.65 bits per heavy atom. The van der Waals surface area contributed by atoms with Crippen LogP contribution < -0.4 is 14.2 Å². The van der Waals surface area contributed by atoms with Crippen LogP contribution in [0.4, 0.5) is 0 Å². The van der Waals surface area contributed by atoms with E-state index in [0.717, 1.165) is 16.3 Å². The lowest BCUT2D eigenvalue weighted by Gasteiger charge is -2.13. The number of fused-ring (bicyclic) bond motifs is 1. The fourth-order valence-corrected chi connectivity index (χ4v) is 4.55. The SMILES string of the molecule is CC(C)c1nc(Sc2ccc(OCCC(=O)O)cc2)c(C#N)n1Cc1cc2c(cc1Cl)OCO2. The lowest BCUT2D eigenvalue weighted by molar-refractivity contribution is -0.137. The molecular weight excluding hydrogens is 478 g/mol. The van der Waals surface area contributed by atoms with Gasteiger partial charge >= 0.3 is 5.97 Å². The van der Waals surface area contributed by atoms with Gasteiger partial charge in [0.2, 0.25) is 6.79 Å². The number of hydrogen-bond acceptors (Lipinski definition) is 7. The van der Waals surface area contributed by atoms with Crippen LogP contribution in [-0.2, 0) is 11.3 Å². The summed E-state index contributed by atoms with van der Waals surface area (Å²) in [5, 5.41) is 19.8. The number of rotatable bonds is 9. The fourth-order valence-electron chi connectivity index (χ4n) is 3.45. The largest absolute Gasteiger partial charge is 0.493 e. The summed E-state index contributed by atoms with van der Waals surface area (Å²) in [6, 6.07) is 13.1. The molecule has 4 rings (SSSR count). The highest BCUT2D eigenvalue weighted by Crippen LogP contribution is 2.38. The number of carboxylic acids is 1. The van der Waals surface area contributed by atoms with Crippen molar-refractivity contribution >= 4 is 29.3 Å². The molecule has 3 aromatic rings. The molecule has 0 fully saturated rings. The second-order valence-electron chi connectivity index (χ2n) is 7.84. The number of benzene rings is 2. The molecule has 2 aromatic carbocycles. The minimum absolute atomic E-state index is 0.0647. The van der Waals surface area contributed by atoms with Crippen LogP contribution in [0.25, 0.3) is 0 Å². The van der Waals surface area contributed by atoms with E-state index in [2.05, 4.69) is 6.07 Å². The van der Waals surface area contributed by atoms with Gasteiger partial charge in [0.1, 0.15) is 22.7 Å². The van der Waals surface area contributed by atoms with Gasteiger partial charge in [0.25, 0.3) is 0 Å². The van der Waals surface area contributed by atoms with Crippen LogP contribution in [0.3, 0.4) is 0 Å². The molecule has 8 nitrogen and oxygen atoms in total. The first kappa shape index (κ1) is 23.8. The third kappa shape index (κ3) is 5.24. The molecule has 0 spiro atoms. The molecule has 34 heavy (non-hydrogen) atoms. The van der Waals surface area contributed by atoms with E-state index >= 15 is 0 Å². The lowest BCUT2D eigenvalue weighted by Crippen LogP contribution is -2.09. The Hall–Kier alpha value is -3.35. The highest BCUT2D eigenvalue weighted by Gasteiger charge is 2.23. The van der Waals surface area contributed by atoms with E-state index in [1.807, 2.05) is 36.6 Å². The van der Waals surface area contributed by atoms with Crippen molar-refractivity contribution in [3.05, 3.63) is 58.5 Å². The first-order valence-corrected chi connectivity index (χ1v) is 11.8. The number of aliphatic carboxylic acids is 1. The Labute approximate surface area is 206 Å². The summed E-state index contributed by atoms with van der Waals surface area (Å²) in [5.74, 6) is 1.77. The standard InChI is InChI=1S/C24H22ClN3O5S/c1-14(2)23-27-24(34-17-5-3-16(4-6-17)31-8-7-22(29)30)19(11-26)28(23)12-15-9-20-21(10-18(15)25)33-13-32-20/h3-6,9-10,14H,7-8,12-13H2,1-2H3,(H,29,30). The molecule has 0 amide bonds. The number of ether oxygens (including phenoxy) is 3. The fraction of sp³-hybridized carbons (Fsp3) is 0.292. The van der Waals surface area contributed by atoms with Gasteiger partial charge in [-0.15, -0.1) is 0 Å². The normalized spacial score (nSPS) is 12.1. The molecule has 0 aliphatic carbocycles. The van der Waals surface area contributed by atoms with Gasteiger partial charge in [-0.25, -0.2) is 4.98 Å². The van der Waals surface area contributed by atoms with Gasteiger partial charge in [0.05, 0.1) is 19.6 Å². The number of nitrogens with zero attached hydrogens (tertiary/aromatic N) is 3. The second kappa shape index (κ2) is 10.3. The van der Waals surface area contributed by atoms with Crippen LogP contribution in [0.1, 0.15) is 43.3 Å². The van der Waals surface area contributed by atoms with E-state index in [1.54, 1.807) is 18.2 Å². The highest BCUT2D eigenvalue weighted by molar-refractivity contribution is 7.99. The number of hydrogen-bond donors (Lipinski definition) is 1. The zero-order valence-electron chi connectivity index (χ0n) is 18.6. The van der Waals surface area contributed by atoms with E-state index in [1.165, 1.54) is 11.8 Å². The van der Waals surface area contributed by atoms with Crippen molar-refractivity contribution in [3.63, 3.8) is 0 Å². The van der Waals surface area contributed by atoms with E-state index in [4.69, 9.17) is 35.9 Å². The number of halogens is 1. The quantitative estimate of drug-likeness (QED) is 0.422. The maximum absolute atomic E-state index is 10.6. The molecule has 0 atom stereocenters. The van der Waals surface area contributed by atoms with Crippen molar-refractivity contribution in [1.29, 1.82) is 5.26 Å². The molecule has 1 aliphatic heterocycles. The molecule has 2 heterocycles. The van der Waals surface area contributed by atoms with E-state index in [9.17, 15) is 10.1 Å². The highest BCUT2D eigenvalue weighted by atomic mass is 35.5. The molecule has 0 bridgehead atoms. The van der Waals surface area contributed by atoms with Gasteiger partial charge in [-0.1, -0.05) is 37.2 Å². The molecule has 0 radical (unpaired) electrons. The summed E-state index contributed by atoms with van der Waals surface area (Å²) >= 11 is 7.87. The monoisotopic (exact) mass is 499 g/mol. The minimum atomic E-state index is -0.908. The van der Waals surface area contributed by atoms with Gasteiger partial charge in [0.15, 0.2) is 17.2 Å². The zero-order valence-corrected chi connectivity index (χ0v) is 20.2. The first-order valence-electron chi connectivity index (χ1n) is 10.6. The number of carbonyl (C=O) groups is 1. The van der Waals surface area contributed by atoms with Crippen molar-refractivity contribution in [1.82, 2.24) is 9.55 Å². The molecule has 176 valence electrons. The third-order valence-corrected chi connectivity index (χ3v) is 6.42. The predicted octanol–water partition coefficient (Wildman–Crippen LogP) is 5.31. The molecule has 1 aromatic heterocycles. The van der Waals surface area contributed by atoms with Gasteiger partial charge < -0.3 is 23.9 Å². The summed E-state index contributed by atoms with van der Waals surface area (Å²) in [5.41, 5.74) is 1.25. The van der Waals surface area contributed by atoms with Crippen molar-refractivity contribution in [3.8, 4) is 23.3 Å². The van der Waals surface area contributed by atoms with Crippen LogP contribution in [-0.4, -0.2) is 34.0 Å². The smallest absolute Gasteiger partial charge is 0.306 e. The molecule has 1 aliphatic rings. The summed E-state index contributed by atoms with van der Waals surface area (Å²) in [6.07, 6.45) is -0.0647. The molecule has 0 unspecified atom stereocenters. The Morgan fingerprint density at radius 2 is 2.00 bits per heavy atom. The number of carboxylic acid groups (broad SMARTS) is 1. The predicted molar refractivity (Wildman–Crippen MR) is 126 cm³/mol. The number of imidazole rings is 1. The van der Waals surface area contributed by atoms with Gasteiger partial charge in [-0.2, -0.15) is 5.26 Å². The van der Waals surface area contributed by atoms with Gasteiger partial charge in [-0.05, 0) is 35.9 Å². The van der Waals surface area contributed by atoms with E-state index < -0.39 is 5.97 Å². The third-order valence-electron chi connectivity index (χ3n) is 5.08. The van der Waals surface area contributed by atoms with Crippen LogP contribution in [0.15, 0.2) is 46.3 Å². The van der Waals surface area contributed by atoms with Crippen LogP contribution in [0.2, 0.25) is 5.02 Å². The average Bonchev–Trinajstić information content (AvgIpc) is 3.38. The minimum Gasteiger partial charge on any atom is -0.493 e. The van der Waals surface area contributed by atoms with Crippen molar-refractivity contribution in [2.45, 2.75) is 42.7 Å². The zero-order chi connectivity index (χ0) is 24.2. The van der Waals surface area contributed by atoms with E-state index in [-0.39, 0.29) is 25.7 Å². The van der Waals surface area contributed by atoms with Crippen LogP contribution >= 0.6 is 23.4 Å². The van der Waals surface area contributed by atoms with Crippen molar-refractivity contribution < 1.29 is 24.1 Å². The Kier molecular flexibility index (Phi) is 7.20. The molecule has 1 N–H and O–H groups in total. The van der Waals surface area contributed by atoms with E-state index in [0.29, 0.717) is 39.5 Å². The van der Waals surface area contributed by atoms with Crippen molar-refractivity contribution in [2.24, 2.45) is 0 Å². The summed E-state index contributed by atoms with van der Waals surface area (Å²) in [4.78, 5) is 16.3. The Morgan fingerprint density at radius 1 is 1.29 bits per heavy atom. The summed E-state index contributed by atoms with van der Waals surface area (Å²) in [7, 11) is 0.